The number of hydrogen-bond donors (Lipinski definition) is 1. The molecule has 0 saturated carbocycles. The van der Waals surface area contributed by atoms with Crippen LogP contribution in [0.25, 0.3) is 0 Å². The predicted molar refractivity (Wildman–Crippen MR) is 97.6 cm³/mol. The Kier molecular flexibility index (Phi) is 5.53. The highest BCUT2D eigenvalue weighted by atomic mass is 19.2. The largest absolute Gasteiger partial charge is 0.324 e. The highest BCUT2D eigenvalue weighted by Crippen LogP contribution is 2.24. The van der Waals surface area contributed by atoms with Crippen LogP contribution in [0.3, 0.4) is 0 Å². The topological polar surface area (TPSA) is 67.2 Å². The van der Waals surface area contributed by atoms with Crippen LogP contribution in [0, 0.1) is 24.5 Å². The molecule has 144 valence electrons. The number of aryl methyl sites for hydroxylation is 2. The standard InChI is InChI=1S/C19H22F2N4O2/c1-12-9-14(11-15(20)18(12)21)10-13-5-7-25(8-6-13)19(27)22-16-3-4-17(26)24(2)23-16/h3-4,9,11,13H,5-8,10H2,1-2H3,(H,22,23,27). The molecular weight excluding hydrogens is 354 g/mol. The molecule has 2 heterocycles. The summed E-state index contributed by atoms with van der Waals surface area (Å²) >= 11 is 0. The first-order valence-electron chi connectivity index (χ1n) is 8.88. The summed E-state index contributed by atoms with van der Waals surface area (Å²) in [5, 5.41) is 6.67. The van der Waals surface area contributed by atoms with Gasteiger partial charge >= 0.3 is 6.03 Å². The number of hydrogen-bond acceptors (Lipinski definition) is 3. The van der Waals surface area contributed by atoms with E-state index in [4.69, 9.17) is 0 Å². The van der Waals surface area contributed by atoms with Crippen molar-refractivity contribution < 1.29 is 13.6 Å². The molecule has 1 saturated heterocycles. The highest BCUT2D eigenvalue weighted by molar-refractivity contribution is 5.88. The first-order valence-corrected chi connectivity index (χ1v) is 8.88. The quantitative estimate of drug-likeness (QED) is 0.896. The van der Waals surface area contributed by atoms with Crippen LogP contribution < -0.4 is 10.9 Å². The molecular formula is C19H22F2N4O2. The molecule has 6 nitrogen and oxygen atoms in total. The van der Waals surface area contributed by atoms with Crippen LogP contribution in [0.5, 0.6) is 0 Å². The number of halogens is 2. The average Bonchev–Trinajstić information content (AvgIpc) is 2.63. The van der Waals surface area contributed by atoms with E-state index in [1.807, 2.05) is 0 Å². The molecule has 0 radical (unpaired) electrons. The number of carbonyl (C=O) groups is 1. The van der Waals surface area contributed by atoms with Crippen LogP contribution in [0.2, 0.25) is 0 Å². The number of carbonyl (C=O) groups excluding carboxylic acids is 1. The Balaban J connectivity index is 1.54. The summed E-state index contributed by atoms with van der Waals surface area (Å²) in [6, 6.07) is 5.50. The van der Waals surface area contributed by atoms with Crippen LogP contribution in [0.4, 0.5) is 19.4 Å². The Hall–Kier alpha value is -2.77. The molecule has 1 N–H and O–H groups in total. The molecule has 0 bridgehead atoms. The number of aromatic nitrogens is 2. The van der Waals surface area contributed by atoms with Gasteiger partial charge in [-0.05, 0) is 55.4 Å². The van der Waals surface area contributed by atoms with Crippen molar-refractivity contribution in [2.45, 2.75) is 26.2 Å². The number of rotatable bonds is 3. The van der Waals surface area contributed by atoms with Crippen molar-refractivity contribution in [3.05, 3.63) is 57.4 Å². The lowest BCUT2D eigenvalue weighted by Gasteiger charge is -2.32. The lowest BCUT2D eigenvalue weighted by atomic mass is 9.89. The molecule has 2 aromatic rings. The fraction of sp³-hybridized carbons (Fsp3) is 0.421. The molecule has 0 atom stereocenters. The third kappa shape index (κ3) is 4.50. The molecule has 1 aliphatic heterocycles. The van der Waals surface area contributed by atoms with Gasteiger partial charge in [0.15, 0.2) is 17.5 Å². The molecule has 2 amide bonds. The van der Waals surface area contributed by atoms with Crippen LogP contribution in [-0.4, -0.2) is 33.8 Å². The number of nitrogens with zero attached hydrogens (tertiary/aromatic N) is 3. The Labute approximate surface area is 155 Å². The molecule has 0 spiro atoms. The van der Waals surface area contributed by atoms with Crippen molar-refractivity contribution >= 4 is 11.8 Å². The number of anilines is 1. The van der Waals surface area contributed by atoms with Crippen molar-refractivity contribution in [3.8, 4) is 0 Å². The summed E-state index contributed by atoms with van der Waals surface area (Å²) in [6.07, 6.45) is 2.23. The molecule has 27 heavy (non-hydrogen) atoms. The predicted octanol–water partition coefficient (Wildman–Crippen LogP) is 2.85. The Bertz CT molecular complexity index is 882. The number of amides is 2. The van der Waals surface area contributed by atoms with Gasteiger partial charge in [0.1, 0.15) is 0 Å². The summed E-state index contributed by atoms with van der Waals surface area (Å²) in [7, 11) is 1.52. The average molecular weight is 376 g/mol. The van der Waals surface area contributed by atoms with E-state index in [9.17, 15) is 18.4 Å². The second-order valence-corrected chi connectivity index (χ2v) is 6.95. The van der Waals surface area contributed by atoms with Gasteiger partial charge in [-0.3, -0.25) is 10.1 Å². The Morgan fingerprint density at radius 1 is 1.26 bits per heavy atom. The number of nitrogens with one attached hydrogen (secondary N) is 1. The molecule has 0 aliphatic carbocycles. The number of likely N-dealkylation sites (tertiary alicyclic amines) is 1. The fourth-order valence-electron chi connectivity index (χ4n) is 3.35. The third-order valence-corrected chi connectivity index (χ3v) is 4.89. The smallest absolute Gasteiger partial charge is 0.323 e. The van der Waals surface area contributed by atoms with E-state index >= 15 is 0 Å². The summed E-state index contributed by atoms with van der Waals surface area (Å²) in [6.45, 7) is 2.71. The van der Waals surface area contributed by atoms with Crippen molar-refractivity contribution in [1.82, 2.24) is 14.7 Å². The van der Waals surface area contributed by atoms with Crippen molar-refractivity contribution in [2.24, 2.45) is 13.0 Å². The van der Waals surface area contributed by atoms with E-state index in [-0.39, 0.29) is 11.6 Å². The van der Waals surface area contributed by atoms with Crippen molar-refractivity contribution in [1.29, 1.82) is 0 Å². The normalized spacial score (nSPS) is 15.0. The van der Waals surface area contributed by atoms with E-state index in [1.165, 1.54) is 25.2 Å². The molecule has 1 aliphatic rings. The van der Waals surface area contributed by atoms with E-state index < -0.39 is 11.6 Å². The van der Waals surface area contributed by atoms with Gasteiger partial charge in [0, 0.05) is 26.2 Å². The van der Waals surface area contributed by atoms with Gasteiger partial charge in [-0.2, -0.15) is 5.10 Å². The zero-order valence-electron chi connectivity index (χ0n) is 15.3. The fourth-order valence-corrected chi connectivity index (χ4v) is 3.35. The van der Waals surface area contributed by atoms with Gasteiger partial charge in [0.05, 0.1) is 0 Å². The van der Waals surface area contributed by atoms with Gasteiger partial charge in [-0.1, -0.05) is 6.07 Å². The zero-order chi connectivity index (χ0) is 19.6. The van der Waals surface area contributed by atoms with E-state index in [0.717, 1.165) is 23.1 Å². The maximum Gasteiger partial charge on any atom is 0.323 e. The second kappa shape index (κ2) is 7.85. The first-order chi connectivity index (χ1) is 12.8. The van der Waals surface area contributed by atoms with Crippen LogP contribution in [0.15, 0.2) is 29.1 Å². The molecule has 3 rings (SSSR count). The molecule has 0 unspecified atom stereocenters. The zero-order valence-corrected chi connectivity index (χ0v) is 15.3. The SMILES string of the molecule is Cc1cc(CC2CCN(C(=O)Nc3ccc(=O)n(C)n3)CC2)cc(F)c1F. The summed E-state index contributed by atoms with van der Waals surface area (Å²) in [5.41, 5.74) is 0.844. The van der Waals surface area contributed by atoms with E-state index in [1.54, 1.807) is 17.9 Å². The molecule has 8 heteroatoms. The molecule has 1 aromatic carbocycles. The lowest BCUT2D eigenvalue weighted by Crippen LogP contribution is -2.41. The van der Waals surface area contributed by atoms with Crippen molar-refractivity contribution in [2.75, 3.05) is 18.4 Å². The minimum atomic E-state index is -0.813. The molecule has 1 fully saturated rings. The van der Waals surface area contributed by atoms with Gasteiger partial charge < -0.3 is 4.90 Å². The van der Waals surface area contributed by atoms with E-state index in [0.29, 0.717) is 36.8 Å². The maximum absolute atomic E-state index is 13.6. The summed E-state index contributed by atoms with van der Waals surface area (Å²) in [5.74, 6) is -0.973. The lowest BCUT2D eigenvalue weighted by molar-refractivity contribution is 0.182. The number of piperidine rings is 1. The highest BCUT2D eigenvalue weighted by Gasteiger charge is 2.24. The van der Waals surface area contributed by atoms with Crippen LogP contribution in [0.1, 0.15) is 24.0 Å². The second-order valence-electron chi connectivity index (χ2n) is 6.95. The Morgan fingerprint density at radius 2 is 1.96 bits per heavy atom. The number of urea groups is 1. The monoisotopic (exact) mass is 376 g/mol. The minimum absolute atomic E-state index is 0.249. The summed E-state index contributed by atoms with van der Waals surface area (Å²) in [4.78, 5) is 25.4. The van der Waals surface area contributed by atoms with Crippen molar-refractivity contribution in [3.63, 3.8) is 0 Å². The minimum Gasteiger partial charge on any atom is -0.324 e. The van der Waals surface area contributed by atoms with Crippen LogP contribution in [-0.2, 0) is 13.5 Å². The Morgan fingerprint density at radius 3 is 2.59 bits per heavy atom. The van der Waals surface area contributed by atoms with Gasteiger partial charge in [-0.15, -0.1) is 0 Å². The first kappa shape index (κ1) is 19.0. The summed E-state index contributed by atoms with van der Waals surface area (Å²) < 4.78 is 28.1. The third-order valence-electron chi connectivity index (χ3n) is 4.89. The van der Waals surface area contributed by atoms with Gasteiger partial charge in [0.25, 0.3) is 5.56 Å². The number of benzene rings is 1. The van der Waals surface area contributed by atoms with Crippen LogP contribution >= 0.6 is 0 Å². The van der Waals surface area contributed by atoms with Gasteiger partial charge in [-0.25, -0.2) is 18.3 Å². The molecule has 1 aromatic heterocycles. The van der Waals surface area contributed by atoms with E-state index in [2.05, 4.69) is 10.4 Å². The maximum atomic E-state index is 13.6. The van der Waals surface area contributed by atoms with Gasteiger partial charge in [0.2, 0.25) is 0 Å².